The molecule has 1 fully saturated rings. The molecule has 0 aromatic carbocycles. The Bertz CT molecular complexity index is 110. The van der Waals surface area contributed by atoms with Gasteiger partial charge in [0.2, 0.25) is 0 Å². The molecule has 0 atom stereocenters. The quantitative estimate of drug-likeness (QED) is 0.568. The summed E-state index contributed by atoms with van der Waals surface area (Å²) >= 11 is 0. The van der Waals surface area contributed by atoms with E-state index in [1.165, 1.54) is 12.8 Å². The summed E-state index contributed by atoms with van der Waals surface area (Å²) in [6.07, 6.45) is 1.28. The van der Waals surface area contributed by atoms with E-state index in [1.54, 1.807) is 0 Å². The molecule has 12 heavy (non-hydrogen) atoms. The van der Waals surface area contributed by atoms with Gasteiger partial charge in [0.15, 0.2) is 0 Å². The van der Waals surface area contributed by atoms with Crippen LogP contribution in [0.15, 0.2) is 0 Å². The van der Waals surface area contributed by atoms with Crippen LogP contribution >= 0.6 is 0 Å². The lowest BCUT2D eigenvalue weighted by molar-refractivity contribution is 0.146. The molecule has 0 unspecified atom stereocenters. The van der Waals surface area contributed by atoms with Crippen LogP contribution in [0.25, 0.3) is 0 Å². The lowest BCUT2D eigenvalue weighted by Gasteiger charge is -2.04. The fraction of sp³-hybridized carbons (Fsp3) is 1.00. The molecular weight excluding hydrogens is 162 g/mol. The molecule has 1 aliphatic carbocycles. The van der Waals surface area contributed by atoms with Crippen molar-refractivity contribution < 1.29 is 8.78 Å². The fourth-order valence-corrected chi connectivity index (χ4v) is 1.02. The van der Waals surface area contributed by atoms with E-state index in [0.717, 1.165) is 19.0 Å². The van der Waals surface area contributed by atoms with Crippen LogP contribution in [0.1, 0.15) is 19.3 Å². The maximum absolute atomic E-state index is 11.6. The maximum atomic E-state index is 11.6. The Hall–Kier alpha value is -0.220. The molecule has 2 N–H and O–H groups in total. The Labute approximate surface area is 71.7 Å². The summed E-state index contributed by atoms with van der Waals surface area (Å²) in [7, 11) is 0. The van der Waals surface area contributed by atoms with Crippen molar-refractivity contribution in [1.29, 1.82) is 0 Å². The lowest BCUT2D eigenvalue weighted by Crippen LogP contribution is -2.26. The van der Waals surface area contributed by atoms with E-state index in [0.29, 0.717) is 6.54 Å². The second-order valence-electron chi connectivity index (χ2n) is 3.18. The first-order chi connectivity index (χ1) is 5.79. The van der Waals surface area contributed by atoms with Crippen molar-refractivity contribution in [3.05, 3.63) is 0 Å². The summed E-state index contributed by atoms with van der Waals surface area (Å²) in [6.45, 7) is 1.45. The first kappa shape index (κ1) is 9.86. The van der Waals surface area contributed by atoms with Gasteiger partial charge in [-0.2, -0.15) is 0 Å². The van der Waals surface area contributed by atoms with Crippen molar-refractivity contribution in [3.63, 3.8) is 0 Å². The third-order valence-corrected chi connectivity index (χ3v) is 1.84. The van der Waals surface area contributed by atoms with Gasteiger partial charge in [-0.25, -0.2) is 8.78 Å². The highest BCUT2D eigenvalue weighted by atomic mass is 19.3. The highest BCUT2D eigenvalue weighted by Crippen LogP contribution is 2.18. The zero-order valence-corrected chi connectivity index (χ0v) is 7.15. The molecule has 1 rings (SSSR count). The monoisotopic (exact) mass is 178 g/mol. The number of alkyl halides is 2. The summed E-state index contributed by atoms with van der Waals surface area (Å²) in [5, 5.41) is 6.01. The third kappa shape index (κ3) is 5.43. The van der Waals surface area contributed by atoms with E-state index in [-0.39, 0.29) is 6.54 Å². The number of nitrogens with one attached hydrogen (secondary N) is 2. The molecular formula is C8H16F2N2. The molecule has 72 valence electrons. The van der Waals surface area contributed by atoms with E-state index in [2.05, 4.69) is 10.6 Å². The van der Waals surface area contributed by atoms with Gasteiger partial charge >= 0.3 is 0 Å². The molecule has 4 heteroatoms. The van der Waals surface area contributed by atoms with Gasteiger partial charge in [0.05, 0.1) is 6.54 Å². The van der Waals surface area contributed by atoms with Crippen molar-refractivity contribution >= 4 is 0 Å². The molecule has 0 amide bonds. The predicted molar refractivity (Wildman–Crippen MR) is 44.5 cm³/mol. The maximum Gasteiger partial charge on any atom is 0.250 e. The van der Waals surface area contributed by atoms with Crippen molar-refractivity contribution in [3.8, 4) is 0 Å². The molecule has 1 saturated carbocycles. The minimum atomic E-state index is -2.22. The Balaban J connectivity index is 1.70. The Morgan fingerprint density at radius 3 is 2.58 bits per heavy atom. The third-order valence-electron chi connectivity index (χ3n) is 1.84. The molecule has 0 heterocycles. The lowest BCUT2D eigenvalue weighted by atomic mass is 10.4. The predicted octanol–water partition coefficient (Wildman–Crippen LogP) is 0.983. The first-order valence-electron chi connectivity index (χ1n) is 4.51. The molecule has 2 nitrogen and oxygen atoms in total. The molecule has 0 radical (unpaired) electrons. The first-order valence-corrected chi connectivity index (χ1v) is 4.51. The van der Waals surface area contributed by atoms with Crippen molar-refractivity contribution in [1.82, 2.24) is 10.6 Å². The zero-order chi connectivity index (χ0) is 8.81. The van der Waals surface area contributed by atoms with Crippen LogP contribution in [0.5, 0.6) is 0 Å². The topological polar surface area (TPSA) is 24.1 Å². The summed E-state index contributed by atoms with van der Waals surface area (Å²) in [6, 6.07) is 0.722. The van der Waals surface area contributed by atoms with Crippen molar-refractivity contribution in [2.24, 2.45) is 0 Å². The van der Waals surface area contributed by atoms with Crippen molar-refractivity contribution in [2.45, 2.75) is 31.7 Å². The van der Waals surface area contributed by atoms with E-state index in [9.17, 15) is 8.78 Å². The standard InChI is InChI=1S/C8H16F2N2/c9-8(10)6-11-4-1-5-12-7-2-3-7/h7-8,11-12H,1-6H2. The van der Waals surface area contributed by atoms with Crippen LogP contribution < -0.4 is 10.6 Å². The van der Waals surface area contributed by atoms with E-state index < -0.39 is 6.43 Å². The Morgan fingerprint density at radius 2 is 2.00 bits per heavy atom. The summed E-state index contributed by atoms with van der Waals surface area (Å²) < 4.78 is 23.2. The van der Waals surface area contributed by atoms with Gasteiger partial charge in [-0.15, -0.1) is 0 Å². The molecule has 0 spiro atoms. The number of rotatable bonds is 7. The number of halogens is 2. The average molecular weight is 178 g/mol. The Morgan fingerprint density at radius 1 is 1.25 bits per heavy atom. The average Bonchev–Trinajstić information content (AvgIpc) is 2.79. The molecule has 0 bridgehead atoms. The van der Waals surface area contributed by atoms with Crippen LogP contribution in [0.2, 0.25) is 0 Å². The molecule has 0 aliphatic heterocycles. The summed E-state index contributed by atoms with van der Waals surface area (Å²) in [4.78, 5) is 0. The molecule has 0 aromatic heterocycles. The summed E-state index contributed by atoms with van der Waals surface area (Å²) in [5.74, 6) is 0. The highest BCUT2D eigenvalue weighted by molar-refractivity contribution is 4.80. The number of hydrogen-bond acceptors (Lipinski definition) is 2. The minimum absolute atomic E-state index is 0.177. The normalized spacial score (nSPS) is 17.2. The van der Waals surface area contributed by atoms with E-state index in [4.69, 9.17) is 0 Å². The largest absolute Gasteiger partial charge is 0.314 e. The molecule has 0 aromatic rings. The van der Waals surface area contributed by atoms with Gasteiger partial charge in [0.1, 0.15) is 0 Å². The van der Waals surface area contributed by atoms with Gasteiger partial charge in [-0.1, -0.05) is 0 Å². The van der Waals surface area contributed by atoms with Gasteiger partial charge in [0.25, 0.3) is 6.43 Å². The smallest absolute Gasteiger partial charge is 0.250 e. The van der Waals surface area contributed by atoms with Crippen LogP contribution in [0.4, 0.5) is 8.78 Å². The second-order valence-corrected chi connectivity index (χ2v) is 3.18. The molecule has 1 aliphatic rings. The molecule has 0 saturated heterocycles. The van der Waals surface area contributed by atoms with Gasteiger partial charge < -0.3 is 10.6 Å². The van der Waals surface area contributed by atoms with E-state index >= 15 is 0 Å². The van der Waals surface area contributed by atoms with Crippen LogP contribution in [-0.2, 0) is 0 Å². The van der Waals surface area contributed by atoms with Gasteiger partial charge in [-0.05, 0) is 32.4 Å². The van der Waals surface area contributed by atoms with E-state index in [1.807, 2.05) is 0 Å². The summed E-state index contributed by atoms with van der Waals surface area (Å²) in [5.41, 5.74) is 0. The van der Waals surface area contributed by atoms with Crippen LogP contribution in [0, 0.1) is 0 Å². The highest BCUT2D eigenvalue weighted by Gasteiger charge is 2.19. The van der Waals surface area contributed by atoms with Crippen molar-refractivity contribution in [2.75, 3.05) is 19.6 Å². The van der Waals surface area contributed by atoms with Crippen LogP contribution in [0.3, 0.4) is 0 Å². The zero-order valence-electron chi connectivity index (χ0n) is 7.15. The number of hydrogen-bond donors (Lipinski definition) is 2. The van der Waals surface area contributed by atoms with Crippen LogP contribution in [-0.4, -0.2) is 32.1 Å². The van der Waals surface area contributed by atoms with Gasteiger partial charge in [0, 0.05) is 6.04 Å². The minimum Gasteiger partial charge on any atom is -0.314 e. The SMILES string of the molecule is FC(F)CNCCCNC1CC1. The fourth-order valence-electron chi connectivity index (χ4n) is 1.02. The Kier molecular flexibility index (Phi) is 4.46. The van der Waals surface area contributed by atoms with Gasteiger partial charge in [-0.3, -0.25) is 0 Å². The second kappa shape index (κ2) is 5.43.